The fraction of sp³-hybridized carbons (Fsp3) is 0.581. The minimum Gasteiger partial charge on any atom is -0.0625 e. The van der Waals surface area contributed by atoms with Gasteiger partial charge in [0.1, 0.15) is 0 Å². The third kappa shape index (κ3) is 19.5. The molecule has 0 amide bonds. The summed E-state index contributed by atoms with van der Waals surface area (Å²) in [5, 5.41) is 0. The molecular weight excluding hydrogens is 516 g/mol. The van der Waals surface area contributed by atoms with E-state index < -0.39 is 0 Å². The van der Waals surface area contributed by atoms with E-state index in [0.29, 0.717) is 5.41 Å². The summed E-state index contributed by atoms with van der Waals surface area (Å²) >= 11 is 0. The SMILES string of the molecule is CC(C)Cc1ccc(CC(C)C)cc1.CC(C)Cc1cccc(CC(C)C)c1.CC(C)Cc1ccccc1CC(C)(C)C. The van der Waals surface area contributed by atoms with E-state index in [1.807, 2.05) is 0 Å². The number of rotatable bonds is 11. The summed E-state index contributed by atoms with van der Waals surface area (Å²) in [6.07, 6.45) is 7.17. The Labute approximate surface area is 269 Å². The van der Waals surface area contributed by atoms with E-state index in [1.54, 1.807) is 0 Å². The second kappa shape index (κ2) is 19.8. The third-order valence-electron chi connectivity index (χ3n) is 7.06. The number of hydrogen-bond donors (Lipinski definition) is 0. The van der Waals surface area contributed by atoms with Gasteiger partial charge >= 0.3 is 0 Å². The maximum Gasteiger partial charge on any atom is -0.0227 e. The molecule has 0 bridgehead atoms. The molecule has 0 aliphatic carbocycles. The van der Waals surface area contributed by atoms with E-state index in [4.69, 9.17) is 0 Å². The van der Waals surface area contributed by atoms with E-state index in [0.717, 1.165) is 29.6 Å². The lowest BCUT2D eigenvalue weighted by Gasteiger charge is -2.21. The molecule has 0 atom stereocenters. The Balaban J connectivity index is 0.000000323. The standard InChI is InChI=1S/C15H24.2C14H22/c1-12(2)10-13-8-6-7-9-14(13)11-15(3,4)5;1-11(2)9-13-5-7-14(8-6-13)10-12(3)4;1-11(2)8-13-6-5-7-14(10-13)9-12(3)4/h6-9,12H,10-11H2,1-5H3;5-8,11-12H,9-10H2,1-4H3;5-7,10-12H,8-9H2,1-4H3. The van der Waals surface area contributed by atoms with Crippen LogP contribution in [0.5, 0.6) is 0 Å². The summed E-state index contributed by atoms with van der Waals surface area (Å²) in [6.45, 7) is 29.6. The molecule has 0 spiro atoms. The Hall–Kier alpha value is -2.34. The minimum atomic E-state index is 0.382. The van der Waals surface area contributed by atoms with Gasteiger partial charge in [0.15, 0.2) is 0 Å². The average molecular weight is 585 g/mol. The quantitative estimate of drug-likeness (QED) is 0.210. The first kappa shape index (κ1) is 38.7. The van der Waals surface area contributed by atoms with Gasteiger partial charge in [0.2, 0.25) is 0 Å². The van der Waals surface area contributed by atoms with Crippen molar-refractivity contribution in [3.05, 3.63) is 106 Å². The Bertz CT molecular complexity index is 1060. The van der Waals surface area contributed by atoms with Crippen LogP contribution in [0.15, 0.2) is 72.8 Å². The fourth-order valence-electron chi connectivity index (χ4n) is 5.52. The summed E-state index contributed by atoms with van der Waals surface area (Å²) < 4.78 is 0. The zero-order chi connectivity index (χ0) is 32.6. The van der Waals surface area contributed by atoms with E-state index in [9.17, 15) is 0 Å². The van der Waals surface area contributed by atoms with Crippen LogP contribution in [0.1, 0.15) is 123 Å². The van der Waals surface area contributed by atoms with E-state index >= 15 is 0 Å². The summed E-state index contributed by atoms with van der Waals surface area (Å²) in [5.74, 6) is 3.76. The predicted molar refractivity (Wildman–Crippen MR) is 195 cm³/mol. The summed E-state index contributed by atoms with van der Waals surface area (Å²) in [7, 11) is 0. The zero-order valence-electron chi connectivity index (χ0n) is 30.6. The predicted octanol–water partition coefficient (Wildman–Crippen LogP) is 12.6. The molecule has 3 aromatic rings. The van der Waals surface area contributed by atoms with Crippen LogP contribution < -0.4 is 0 Å². The highest BCUT2D eigenvalue weighted by atomic mass is 14.2. The van der Waals surface area contributed by atoms with Gasteiger partial charge in [0.05, 0.1) is 0 Å². The van der Waals surface area contributed by atoms with Crippen molar-refractivity contribution < 1.29 is 0 Å². The van der Waals surface area contributed by atoms with Gasteiger partial charge in [-0.1, -0.05) is 163 Å². The molecule has 0 heteroatoms. The van der Waals surface area contributed by atoms with E-state index in [1.165, 1.54) is 71.9 Å². The second-order valence-corrected chi connectivity index (χ2v) is 16.1. The van der Waals surface area contributed by atoms with E-state index in [-0.39, 0.29) is 0 Å². The van der Waals surface area contributed by atoms with E-state index in [2.05, 4.69) is 163 Å². The molecule has 0 N–H and O–H groups in total. The number of hydrogen-bond acceptors (Lipinski definition) is 0. The van der Waals surface area contributed by atoms with Crippen molar-refractivity contribution in [1.29, 1.82) is 0 Å². The van der Waals surface area contributed by atoms with Crippen molar-refractivity contribution in [2.75, 3.05) is 0 Å². The first-order chi connectivity index (χ1) is 20.0. The Morgan fingerprint density at radius 1 is 0.395 bits per heavy atom. The van der Waals surface area contributed by atoms with Crippen molar-refractivity contribution in [2.45, 2.75) is 129 Å². The van der Waals surface area contributed by atoms with Crippen LogP contribution in [0.25, 0.3) is 0 Å². The molecule has 0 aliphatic heterocycles. The molecule has 0 unspecified atom stereocenters. The van der Waals surface area contributed by atoms with Crippen molar-refractivity contribution in [2.24, 2.45) is 35.0 Å². The number of benzene rings is 3. The van der Waals surface area contributed by atoms with Gasteiger partial charge in [0, 0.05) is 0 Å². The topological polar surface area (TPSA) is 0 Å². The highest BCUT2D eigenvalue weighted by molar-refractivity contribution is 5.28. The average Bonchev–Trinajstić information content (AvgIpc) is 2.85. The smallest absolute Gasteiger partial charge is 0.0227 e. The first-order valence-corrected chi connectivity index (χ1v) is 17.3. The Morgan fingerprint density at radius 2 is 0.744 bits per heavy atom. The van der Waals surface area contributed by atoms with Crippen molar-refractivity contribution in [1.82, 2.24) is 0 Å². The van der Waals surface area contributed by atoms with Gasteiger partial charge in [0.25, 0.3) is 0 Å². The van der Waals surface area contributed by atoms with Crippen molar-refractivity contribution in [3.63, 3.8) is 0 Å². The largest absolute Gasteiger partial charge is 0.0625 e. The van der Waals surface area contributed by atoms with Gasteiger partial charge in [-0.05, 0) is 107 Å². The monoisotopic (exact) mass is 585 g/mol. The van der Waals surface area contributed by atoms with Gasteiger partial charge in [-0.2, -0.15) is 0 Å². The van der Waals surface area contributed by atoms with Gasteiger partial charge in [-0.3, -0.25) is 0 Å². The summed E-state index contributed by atoms with van der Waals surface area (Å²) in [5.41, 5.74) is 9.34. The highest BCUT2D eigenvalue weighted by Gasteiger charge is 2.14. The summed E-state index contributed by atoms with van der Waals surface area (Å²) in [6, 6.07) is 27.0. The normalized spacial score (nSPS) is 11.6. The third-order valence-corrected chi connectivity index (χ3v) is 7.06. The lowest BCUT2D eigenvalue weighted by Crippen LogP contribution is -2.11. The molecule has 3 aromatic carbocycles. The fourth-order valence-corrected chi connectivity index (χ4v) is 5.52. The molecule has 0 aromatic heterocycles. The lowest BCUT2D eigenvalue weighted by molar-refractivity contribution is 0.409. The molecular formula is C43H68. The minimum absolute atomic E-state index is 0.382. The molecule has 0 radical (unpaired) electrons. The second-order valence-electron chi connectivity index (χ2n) is 16.1. The van der Waals surface area contributed by atoms with Crippen molar-refractivity contribution in [3.8, 4) is 0 Å². The van der Waals surface area contributed by atoms with Crippen LogP contribution in [-0.2, 0) is 38.5 Å². The summed E-state index contributed by atoms with van der Waals surface area (Å²) in [4.78, 5) is 0. The molecule has 0 heterocycles. The Kier molecular flexibility index (Phi) is 17.8. The van der Waals surface area contributed by atoms with Gasteiger partial charge in [-0.15, -0.1) is 0 Å². The zero-order valence-corrected chi connectivity index (χ0v) is 30.6. The van der Waals surface area contributed by atoms with Gasteiger partial charge < -0.3 is 0 Å². The first-order valence-electron chi connectivity index (χ1n) is 17.3. The molecule has 3 rings (SSSR count). The molecule has 0 nitrogen and oxygen atoms in total. The van der Waals surface area contributed by atoms with Crippen molar-refractivity contribution >= 4 is 0 Å². The van der Waals surface area contributed by atoms with Crippen LogP contribution >= 0.6 is 0 Å². The molecule has 240 valence electrons. The van der Waals surface area contributed by atoms with Crippen LogP contribution in [-0.4, -0.2) is 0 Å². The van der Waals surface area contributed by atoms with Gasteiger partial charge in [-0.25, -0.2) is 0 Å². The molecule has 43 heavy (non-hydrogen) atoms. The lowest BCUT2D eigenvalue weighted by atomic mass is 9.85. The van der Waals surface area contributed by atoms with Crippen LogP contribution in [0.3, 0.4) is 0 Å². The van der Waals surface area contributed by atoms with Crippen LogP contribution in [0, 0.1) is 35.0 Å². The Morgan fingerprint density at radius 3 is 1.09 bits per heavy atom. The molecule has 0 saturated carbocycles. The van der Waals surface area contributed by atoms with Crippen LogP contribution in [0.2, 0.25) is 0 Å². The van der Waals surface area contributed by atoms with Crippen LogP contribution in [0.4, 0.5) is 0 Å². The maximum absolute atomic E-state index is 2.36. The molecule has 0 saturated heterocycles. The maximum atomic E-state index is 2.36. The molecule has 0 fully saturated rings. The molecule has 0 aliphatic rings. The highest BCUT2D eigenvalue weighted by Crippen LogP contribution is 2.24.